The van der Waals surface area contributed by atoms with Crippen LogP contribution in [0.1, 0.15) is 91.3 Å². The van der Waals surface area contributed by atoms with Crippen LogP contribution in [0.5, 0.6) is 0 Å². The average Bonchev–Trinajstić information content (AvgIpc) is 1.74. The highest BCUT2D eigenvalue weighted by Crippen LogP contribution is 2.43. The number of hydrogen-bond acceptors (Lipinski definition) is 25. The Morgan fingerprint density at radius 2 is 0.590 bits per heavy atom. The molecule has 7 aromatic rings. The SMILES string of the molecule is CO[C@H]1O[C@H](CN=[N+]=[N-])[C@@H](O[C@H]2O[C@H](CN3C(=O)c4ccccc4C3=O)[C@@H](O[C@H]3O[C@H](CN4C(=O)c5ccccc5C4=O)[C@@H](O[C@H]4O[C@H](CN5C(=O)c6ccccc6C5=O)[C@@H](OC(C)=O)[C@H](OCc5ccccc5)[C@H]4N=[N+]=[N-])[C@H](OCc4ccccc4)[C@H]3N=[N+]=[N-])[C@H](OCc3ccccc3)[C@H]2N=[N+]=[N-])[C@H](OCc2ccccc2)[C@H]1N=[N+]=[N-]. The molecule has 0 unspecified atom stereocenters. The first-order valence-electron chi connectivity index (χ1n) is 37.1. The summed E-state index contributed by atoms with van der Waals surface area (Å²) in [5.41, 5.74) is 55.0. The number of methoxy groups -OCH3 is 1. The van der Waals surface area contributed by atoms with Crippen LogP contribution in [0.2, 0.25) is 0 Å². The minimum absolute atomic E-state index is 0.00197. The summed E-state index contributed by atoms with van der Waals surface area (Å²) < 4.78 is 88.2. The number of fused-ring (bicyclic) bond motifs is 3. The van der Waals surface area contributed by atoms with E-state index in [9.17, 15) is 61.2 Å². The van der Waals surface area contributed by atoms with E-state index in [1.165, 1.54) is 43.5 Å². The maximum atomic E-state index is 15.0. The summed E-state index contributed by atoms with van der Waals surface area (Å²) in [5, 5.41) is 20.7. The number of azide groups is 5. The van der Waals surface area contributed by atoms with E-state index in [0.717, 1.165) is 21.6 Å². The third kappa shape index (κ3) is 17.5. The zero-order valence-corrected chi connectivity index (χ0v) is 62.4. The number of rotatable bonds is 32. The highest BCUT2D eigenvalue weighted by atomic mass is 16.8. The fourth-order valence-corrected chi connectivity index (χ4v) is 15.4. The van der Waals surface area contributed by atoms with Gasteiger partial charge in [0.15, 0.2) is 31.3 Å². The van der Waals surface area contributed by atoms with Gasteiger partial charge in [-0.3, -0.25) is 48.3 Å². The Bertz CT molecular complexity index is 4970. The van der Waals surface area contributed by atoms with Crippen molar-refractivity contribution in [3.8, 4) is 0 Å². The second-order valence-electron chi connectivity index (χ2n) is 27.8. The predicted molar refractivity (Wildman–Crippen MR) is 403 cm³/mol. The number of ether oxygens (including phenoxy) is 13. The molecule has 4 fully saturated rings. The summed E-state index contributed by atoms with van der Waals surface area (Å²) in [6, 6.07) is 45.8. The van der Waals surface area contributed by atoms with Crippen LogP contribution in [0.3, 0.4) is 0 Å². The van der Waals surface area contributed by atoms with Gasteiger partial charge in [0, 0.05) is 38.6 Å². The van der Waals surface area contributed by atoms with Crippen LogP contribution in [0.25, 0.3) is 52.2 Å². The third-order valence-electron chi connectivity index (χ3n) is 20.8. The maximum absolute atomic E-state index is 15.0. The van der Waals surface area contributed by atoms with Gasteiger partial charge in [0.05, 0.1) is 92.1 Å². The molecule has 38 heteroatoms. The van der Waals surface area contributed by atoms with Crippen molar-refractivity contribution in [2.75, 3.05) is 33.3 Å². The van der Waals surface area contributed by atoms with Gasteiger partial charge in [-0.1, -0.05) is 183 Å². The molecular formula is C79H74N18O20. The number of amides is 6. The smallest absolute Gasteiger partial charge is 0.303 e. The second kappa shape index (κ2) is 37.4. The van der Waals surface area contributed by atoms with E-state index in [2.05, 4.69) is 50.1 Å². The summed E-state index contributed by atoms with van der Waals surface area (Å²) in [6.07, 6.45) is -27.5. The molecule has 0 aliphatic carbocycles. The molecule has 0 aromatic heterocycles. The van der Waals surface area contributed by atoms with E-state index in [1.807, 2.05) is 0 Å². The molecule has 7 aromatic carbocycles. The number of carbonyl (C=O) groups excluding carboxylic acids is 7. The molecular weight excluding hydrogens is 1520 g/mol. The average molecular weight is 1600 g/mol. The predicted octanol–water partition coefficient (Wildman–Crippen LogP) is 10.9. The van der Waals surface area contributed by atoms with Crippen molar-refractivity contribution in [3.05, 3.63) is 302 Å². The Morgan fingerprint density at radius 3 is 0.855 bits per heavy atom. The van der Waals surface area contributed by atoms with E-state index in [4.69, 9.17) is 61.6 Å². The summed E-state index contributed by atoms with van der Waals surface area (Å²) >= 11 is 0. The molecule has 0 saturated carbocycles. The molecule has 600 valence electrons. The van der Waals surface area contributed by atoms with Gasteiger partial charge >= 0.3 is 5.97 Å². The zero-order chi connectivity index (χ0) is 81.6. The molecule has 0 N–H and O–H groups in total. The van der Waals surface area contributed by atoms with Crippen LogP contribution in [-0.2, 0) is 92.8 Å². The first-order valence-corrected chi connectivity index (χ1v) is 37.1. The van der Waals surface area contributed by atoms with Gasteiger partial charge in [-0.2, -0.15) is 0 Å². The molecule has 7 aliphatic rings. The first-order chi connectivity index (χ1) is 57.1. The van der Waals surface area contributed by atoms with E-state index >= 15 is 0 Å². The summed E-state index contributed by atoms with van der Waals surface area (Å²) in [5.74, 6) is -5.65. The Kier molecular flexibility index (Phi) is 25.9. The molecule has 20 atom stereocenters. The number of benzene rings is 7. The molecule has 6 amide bonds. The molecule has 0 radical (unpaired) electrons. The molecule has 4 saturated heterocycles. The monoisotopic (exact) mass is 1590 g/mol. The van der Waals surface area contributed by atoms with Crippen LogP contribution in [-0.4, -0.2) is 212 Å². The van der Waals surface area contributed by atoms with Crippen molar-refractivity contribution >= 4 is 41.4 Å². The summed E-state index contributed by atoms with van der Waals surface area (Å²) in [6.45, 7) is -2.78. The van der Waals surface area contributed by atoms with Gasteiger partial charge in [-0.05, 0) is 86.3 Å². The fourth-order valence-electron chi connectivity index (χ4n) is 15.4. The number of hydrogen-bond donors (Lipinski definition) is 0. The number of nitrogens with zero attached hydrogens (tertiary/aromatic N) is 18. The van der Waals surface area contributed by atoms with Crippen molar-refractivity contribution < 1.29 is 95.1 Å². The molecule has 7 heterocycles. The standard InChI is InChI=1S/C79H74N18O20/c1-43(98)110-63-55(36-95-70(99)48-29-15-16-30-49(48)71(95)100)112-78(59(87-92-82)67(63)107-40-45-23-9-4-10-24-45)116-65-57(38-97-74(103)52-33-19-20-34-53(52)75(97)104)114-79(61(89-94-84)69(65)109-42-47-27-13-6-14-28-47)117-64-56(37-96-72(101)50-31-17-18-32-51(50)73(96)102)113-77(60(88-93-83)68(64)108-41-46-25-11-5-12-26-46)115-62-54(35-85-90-80)111-76(105-2)58(86-91-81)66(62)106-39-44-21-7-3-8-22-44/h3-34,54-69,76-79H,35-42H2,1-2H3/t54-,55-,56-,57-,58-,59-,60-,61-,62-,63-,64-,65-,66-,67-,68-,69-,76+,77-,78-,79-/m1/s1. The molecule has 14 rings (SSSR count). The largest absolute Gasteiger partial charge is 0.457 e. The van der Waals surface area contributed by atoms with Gasteiger partial charge in [0.1, 0.15) is 85.2 Å². The van der Waals surface area contributed by atoms with Crippen LogP contribution in [0.15, 0.2) is 220 Å². The van der Waals surface area contributed by atoms with E-state index < -0.39 is 190 Å². The lowest BCUT2D eigenvalue weighted by Gasteiger charge is -2.52. The van der Waals surface area contributed by atoms with Crippen LogP contribution < -0.4 is 0 Å². The minimum atomic E-state index is -2.10. The molecule has 0 spiro atoms. The number of esters is 1. The minimum Gasteiger partial charge on any atom is -0.457 e. The lowest BCUT2D eigenvalue weighted by molar-refractivity contribution is -0.361. The summed E-state index contributed by atoms with van der Waals surface area (Å²) in [4.78, 5) is 120. The zero-order valence-electron chi connectivity index (χ0n) is 62.4. The van der Waals surface area contributed by atoms with Crippen LogP contribution in [0.4, 0.5) is 0 Å². The maximum Gasteiger partial charge on any atom is 0.303 e. The topological polar surface area (TPSA) is 493 Å². The molecule has 0 bridgehead atoms. The lowest BCUT2D eigenvalue weighted by atomic mass is 9.92. The highest BCUT2D eigenvalue weighted by Gasteiger charge is 2.60. The quantitative estimate of drug-likeness (QED) is 0.0124. The lowest BCUT2D eigenvalue weighted by Crippen LogP contribution is -2.68. The van der Waals surface area contributed by atoms with Gasteiger partial charge in [0.25, 0.3) is 35.4 Å². The van der Waals surface area contributed by atoms with Crippen molar-refractivity contribution in [1.82, 2.24) is 14.7 Å². The van der Waals surface area contributed by atoms with Gasteiger partial charge < -0.3 is 61.6 Å². The Balaban J connectivity index is 0.918. The number of imide groups is 3. The van der Waals surface area contributed by atoms with E-state index in [0.29, 0.717) is 22.3 Å². The van der Waals surface area contributed by atoms with E-state index in [-0.39, 0.29) is 59.8 Å². The normalized spacial score (nSPS) is 28.4. The van der Waals surface area contributed by atoms with Crippen molar-refractivity contribution in [2.45, 2.75) is 156 Å². The summed E-state index contributed by atoms with van der Waals surface area (Å²) in [7, 11) is 1.28. The van der Waals surface area contributed by atoms with Gasteiger partial charge in [-0.25, -0.2) is 0 Å². The Hall–Kier alpha value is -12.5. The third-order valence-corrected chi connectivity index (χ3v) is 20.8. The van der Waals surface area contributed by atoms with Gasteiger partial charge in [-0.15, -0.1) is 0 Å². The van der Waals surface area contributed by atoms with Gasteiger partial charge in [0.2, 0.25) is 0 Å². The molecule has 117 heavy (non-hydrogen) atoms. The second-order valence-corrected chi connectivity index (χ2v) is 27.8. The highest BCUT2D eigenvalue weighted by molar-refractivity contribution is 6.22. The molecule has 7 aliphatic heterocycles. The number of carbonyl (C=O) groups is 7. The van der Waals surface area contributed by atoms with Crippen LogP contribution >= 0.6 is 0 Å². The Morgan fingerprint density at radius 1 is 0.342 bits per heavy atom. The first kappa shape index (κ1) is 81.1. The van der Waals surface area contributed by atoms with E-state index in [1.54, 1.807) is 158 Å². The van der Waals surface area contributed by atoms with Crippen molar-refractivity contribution in [3.63, 3.8) is 0 Å². The van der Waals surface area contributed by atoms with Crippen molar-refractivity contribution in [1.29, 1.82) is 0 Å². The van der Waals surface area contributed by atoms with Crippen molar-refractivity contribution in [2.24, 2.45) is 25.6 Å². The molecule has 38 nitrogen and oxygen atoms in total. The Labute approximate surface area is 665 Å². The van der Waals surface area contributed by atoms with Crippen LogP contribution in [0, 0.1) is 0 Å². The fraction of sp³-hybridized carbons (Fsp3) is 0.380.